The van der Waals surface area contributed by atoms with Gasteiger partial charge in [0.1, 0.15) is 0 Å². The number of hydrogen-bond acceptors (Lipinski definition) is 1. The molecule has 1 amide bonds. The third-order valence-corrected chi connectivity index (χ3v) is 2.87. The topological polar surface area (TPSA) is 20.3 Å². The van der Waals surface area contributed by atoms with Crippen molar-refractivity contribution in [3.63, 3.8) is 0 Å². The molecule has 126 valence electrons. The van der Waals surface area contributed by atoms with Crippen LogP contribution in [0.25, 0.3) is 0 Å². The van der Waals surface area contributed by atoms with E-state index in [0.29, 0.717) is 17.7 Å². The first kappa shape index (κ1) is 20.0. The van der Waals surface area contributed by atoms with Crippen molar-refractivity contribution in [2.45, 2.75) is 57.6 Å². The first-order valence-corrected chi connectivity index (χ1v) is 6.55. The molecule has 0 saturated carbocycles. The van der Waals surface area contributed by atoms with Crippen LogP contribution in [-0.4, -0.2) is 41.9 Å². The van der Waals surface area contributed by atoms with Crippen molar-refractivity contribution in [1.82, 2.24) is 4.90 Å². The Kier molecular flexibility index (Phi) is 6.95. The maximum absolute atomic E-state index is 13.3. The van der Waals surface area contributed by atoms with Crippen LogP contribution in [0.2, 0.25) is 0 Å². The average molecular weight is 325 g/mol. The van der Waals surface area contributed by atoms with E-state index in [1.54, 1.807) is 13.8 Å². The van der Waals surface area contributed by atoms with E-state index in [1.807, 2.05) is 0 Å². The first-order chi connectivity index (χ1) is 9.43. The maximum Gasteiger partial charge on any atom is 0.460 e. The molecular formula is C12H18F7NO. The van der Waals surface area contributed by atoms with Crippen molar-refractivity contribution in [2.24, 2.45) is 0 Å². The molecular weight excluding hydrogens is 307 g/mol. The van der Waals surface area contributed by atoms with E-state index in [9.17, 15) is 35.5 Å². The van der Waals surface area contributed by atoms with Crippen LogP contribution in [0.5, 0.6) is 0 Å². The lowest BCUT2D eigenvalue weighted by atomic mass is 10.1. The van der Waals surface area contributed by atoms with Gasteiger partial charge in [0.15, 0.2) is 0 Å². The molecule has 0 aliphatic heterocycles. The SMILES string of the molecule is CCCCN(CCCC)C(=O)C(F)(F)C(F)(F)C(F)(F)F. The molecule has 0 aromatic carbocycles. The van der Waals surface area contributed by atoms with Crippen molar-refractivity contribution >= 4 is 5.91 Å². The largest absolute Gasteiger partial charge is 0.460 e. The van der Waals surface area contributed by atoms with Gasteiger partial charge in [-0.15, -0.1) is 0 Å². The number of carbonyl (C=O) groups is 1. The van der Waals surface area contributed by atoms with Gasteiger partial charge in [0.05, 0.1) is 0 Å². The predicted octanol–water partition coefficient (Wildman–Crippen LogP) is 4.25. The van der Waals surface area contributed by atoms with Crippen LogP contribution >= 0.6 is 0 Å². The van der Waals surface area contributed by atoms with E-state index >= 15 is 0 Å². The summed E-state index contributed by atoms with van der Waals surface area (Å²) < 4.78 is 88.5. The van der Waals surface area contributed by atoms with Gasteiger partial charge in [-0.05, 0) is 12.8 Å². The summed E-state index contributed by atoms with van der Waals surface area (Å²) in [6.07, 6.45) is -5.05. The van der Waals surface area contributed by atoms with E-state index in [1.165, 1.54) is 0 Å². The molecule has 9 heteroatoms. The molecule has 0 aromatic rings. The predicted molar refractivity (Wildman–Crippen MR) is 62.3 cm³/mol. The highest BCUT2D eigenvalue weighted by atomic mass is 19.4. The second-order valence-corrected chi connectivity index (χ2v) is 4.65. The lowest BCUT2D eigenvalue weighted by molar-refractivity contribution is -0.345. The summed E-state index contributed by atoms with van der Waals surface area (Å²) in [5.74, 6) is -14.7. The zero-order valence-electron chi connectivity index (χ0n) is 11.7. The summed E-state index contributed by atoms with van der Waals surface area (Å²) in [5, 5.41) is 0. The normalized spacial score (nSPS) is 13.4. The van der Waals surface area contributed by atoms with Crippen molar-refractivity contribution < 1.29 is 35.5 Å². The second-order valence-electron chi connectivity index (χ2n) is 4.65. The van der Waals surface area contributed by atoms with Crippen molar-refractivity contribution in [3.05, 3.63) is 0 Å². The van der Waals surface area contributed by atoms with Crippen molar-refractivity contribution in [3.8, 4) is 0 Å². The first-order valence-electron chi connectivity index (χ1n) is 6.55. The van der Waals surface area contributed by atoms with Crippen LogP contribution in [0.15, 0.2) is 0 Å². The molecule has 0 aliphatic rings. The minimum absolute atomic E-state index is 0.239. The van der Waals surface area contributed by atoms with E-state index in [-0.39, 0.29) is 25.9 Å². The number of carbonyl (C=O) groups excluding carboxylic acids is 1. The lowest BCUT2D eigenvalue weighted by Gasteiger charge is -2.32. The summed E-state index contributed by atoms with van der Waals surface area (Å²) in [5.41, 5.74) is 0. The monoisotopic (exact) mass is 325 g/mol. The summed E-state index contributed by atoms with van der Waals surface area (Å²) in [7, 11) is 0. The minimum Gasteiger partial charge on any atom is -0.337 e. The fourth-order valence-corrected chi connectivity index (χ4v) is 1.52. The Hall–Kier alpha value is -1.02. The Balaban J connectivity index is 5.28. The van der Waals surface area contributed by atoms with Gasteiger partial charge >= 0.3 is 18.0 Å². The molecule has 0 fully saturated rings. The molecule has 0 saturated heterocycles. The Morgan fingerprint density at radius 1 is 0.857 bits per heavy atom. The lowest BCUT2D eigenvalue weighted by Crippen LogP contribution is -2.60. The highest BCUT2D eigenvalue weighted by molar-refractivity contribution is 5.84. The number of hydrogen-bond donors (Lipinski definition) is 0. The van der Waals surface area contributed by atoms with E-state index < -0.39 is 23.9 Å². The van der Waals surface area contributed by atoms with Crippen LogP contribution < -0.4 is 0 Å². The van der Waals surface area contributed by atoms with E-state index in [0.717, 1.165) is 0 Å². The van der Waals surface area contributed by atoms with Crippen LogP contribution in [0.1, 0.15) is 39.5 Å². The van der Waals surface area contributed by atoms with E-state index in [2.05, 4.69) is 0 Å². The van der Waals surface area contributed by atoms with Gasteiger partial charge in [0.2, 0.25) is 0 Å². The molecule has 21 heavy (non-hydrogen) atoms. The molecule has 0 bridgehead atoms. The molecule has 0 heterocycles. The van der Waals surface area contributed by atoms with Crippen LogP contribution in [0.3, 0.4) is 0 Å². The van der Waals surface area contributed by atoms with Crippen LogP contribution in [0.4, 0.5) is 30.7 Å². The summed E-state index contributed by atoms with van der Waals surface area (Å²) in [4.78, 5) is 11.8. The summed E-state index contributed by atoms with van der Waals surface area (Å²) in [6.45, 7) is 2.79. The zero-order valence-corrected chi connectivity index (χ0v) is 11.7. The number of halogens is 7. The van der Waals surface area contributed by atoms with Gasteiger partial charge in [-0.3, -0.25) is 4.79 Å². The molecule has 0 aromatic heterocycles. The van der Waals surface area contributed by atoms with E-state index in [4.69, 9.17) is 0 Å². The Labute approximate surface area is 118 Å². The van der Waals surface area contributed by atoms with Crippen LogP contribution in [-0.2, 0) is 4.79 Å². The molecule has 0 N–H and O–H groups in total. The van der Waals surface area contributed by atoms with Crippen molar-refractivity contribution in [2.75, 3.05) is 13.1 Å². The zero-order chi connectivity index (χ0) is 16.9. The fraction of sp³-hybridized carbons (Fsp3) is 0.917. The molecule has 0 spiro atoms. The average Bonchev–Trinajstić information content (AvgIpc) is 2.36. The Morgan fingerprint density at radius 3 is 1.52 bits per heavy atom. The molecule has 0 unspecified atom stereocenters. The number of rotatable bonds is 8. The number of unbranched alkanes of at least 4 members (excludes halogenated alkanes) is 2. The highest BCUT2D eigenvalue weighted by Crippen LogP contribution is 2.47. The van der Waals surface area contributed by atoms with Gasteiger partial charge in [-0.2, -0.15) is 30.7 Å². The van der Waals surface area contributed by atoms with Gasteiger partial charge in [0.25, 0.3) is 5.91 Å². The Morgan fingerprint density at radius 2 is 1.24 bits per heavy atom. The van der Waals surface area contributed by atoms with Gasteiger partial charge in [-0.25, -0.2) is 0 Å². The van der Waals surface area contributed by atoms with Gasteiger partial charge < -0.3 is 4.90 Å². The summed E-state index contributed by atoms with van der Waals surface area (Å²) in [6, 6.07) is 0. The fourth-order valence-electron chi connectivity index (χ4n) is 1.52. The number of alkyl halides is 7. The second kappa shape index (κ2) is 7.31. The third-order valence-electron chi connectivity index (χ3n) is 2.87. The third kappa shape index (κ3) is 4.47. The van der Waals surface area contributed by atoms with Crippen molar-refractivity contribution in [1.29, 1.82) is 0 Å². The molecule has 0 atom stereocenters. The number of nitrogens with zero attached hydrogens (tertiary/aromatic N) is 1. The van der Waals surface area contributed by atoms with Gasteiger partial charge in [0, 0.05) is 13.1 Å². The van der Waals surface area contributed by atoms with Gasteiger partial charge in [-0.1, -0.05) is 26.7 Å². The molecule has 0 aliphatic carbocycles. The maximum atomic E-state index is 13.3. The Bertz CT molecular complexity index is 333. The molecule has 0 rings (SSSR count). The summed E-state index contributed by atoms with van der Waals surface area (Å²) >= 11 is 0. The minimum atomic E-state index is -6.49. The van der Waals surface area contributed by atoms with Crippen LogP contribution in [0, 0.1) is 0 Å². The standard InChI is InChI=1S/C12H18F7NO/c1-3-5-7-20(8-6-4-2)9(21)10(13,14)11(15,16)12(17,18)19/h3-8H2,1-2H3. The molecule has 2 nitrogen and oxygen atoms in total. The smallest absolute Gasteiger partial charge is 0.337 e. The number of amides is 1. The quantitative estimate of drug-likeness (QED) is 0.611. The molecule has 0 radical (unpaired) electrons. The highest BCUT2D eigenvalue weighted by Gasteiger charge is 2.76.